The largest absolute Gasteiger partial charge is 0.493 e. The third-order valence-corrected chi connectivity index (χ3v) is 4.48. The van der Waals surface area contributed by atoms with E-state index in [0.29, 0.717) is 0 Å². The van der Waals surface area contributed by atoms with E-state index < -0.39 is 0 Å². The molecule has 3 N–H and O–H groups in total. The lowest BCUT2D eigenvalue weighted by Crippen LogP contribution is -2.36. The fourth-order valence-corrected chi connectivity index (χ4v) is 3.41. The summed E-state index contributed by atoms with van der Waals surface area (Å²) in [6.45, 7) is 1.52. The van der Waals surface area contributed by atoms with Crippen LogP contribution in [0.25, 0.3) is 5.57 Å². The first-order valence-electron chi connectivity index (χ1n) is 5.34. The number of rotatable bonds is 1. The number of nitrogens with two attached hydrogens (primary N) is 1. The Kier molecular flexibility index (Phi) is 3.14. The Morgan fingerprint density at radius 2 is 2.35 bits per heavy atom. The van der Waals surface area contributed by atoms with Crippen LogP contribution >= 0.6 is 27.9 Å². The molecule has 1 aromatic carbocycles. The molecular formula is C11H12BrN3OS. The van der Waals surface area contributed by atoms with Gasteiger partial charge in [-0.15, -0.1) is 0 Å². The highest BCUT2D eigenvalue weighted by Crippen LogP contribution is 2.43. The molecule has 2 aliphatic rings. The molecule has 0 fully saturated rings. The SMILES string of the molecule is NNN1CC2=C(CCOc3ccc(Br)cc32)S1. The quantitative estimate of drug-likeness (QED) is 0.473. The topological polar surface area (TPSA) is 50.5 Å². The second-order valence-corrected chi connectivity index (χ2v) is 5.93. The monoisotopic (exact) mass is 313 g/mol. The van der Waals surface area contributed by atoms with Gasteiger partial charge in [0.25, 0.3) is 0 Å². The van der Waals surface area contributed by atoms with Gasteiger partial charge < -0.3 is 4.74 Å². The fraction of sp³-hybridized carbons (Fsp3) is 0.273. The molecule has 2 heterocycles. The van der Waals surface area contributed by atoms with Gasteiger partial charge in [-0.2, -0.15) is 9.95 Å². The van der Waals surface area contributed by atoms with Gasteiger partial charge in [0.2, 0.25) is 0 Å². The van der Waals surface area contributed by atoms with E-state index in [1.807, 2.05) is 16.5 Å². The van der Waals surface area contributed by atoms with Crippen LogP contribution in [0.1, 0.15) is 12.0 Å². The van der Waals surface area contributed by atoms with Gasteiger partial charge in [-0.1, -0.05) is 15.9 Å². The molecular weight excluding hydrogens is 302 g/mol. The summed E-state index contributed by atoms with van der Waals surface area (Å²) in [6, 6.07) is 6.13. The van der Waals surface area contributed by atoms with E-state index in [4.69, 9.17) is 10.6 Å². The number of nitrogens with one attached hydrogen (secondary N) is 1. The zero-order valence-corrected chi connectivity index (χ0v) is 11.5. The Balaban J connectivity index is 2.05. The summed E-state index contributed by atoms with van der Waals surface area (Å²) in [4.78, 5) is 1.33. The first-order chi connectivity index (χ1) is 8.28. The predicted octanol–water partition coefficient (Wildman–Crippen LogP) is 2.28. The average Bonchev–Trinajstić information content (AvgIpc) is 2.67. The Labute approximate surface area is 112 Å². The second-order valence-electron chi connectivity index (χ2n) is 3.90. The molecule has 4 nitrogen and oxygen atoms in total. The third kappa shape index (κ3) is 2.11. The van der Waals surface area contributed by atoms with Crippen LogP contribution in [0.2, 0.25) is 0 Å². The molecule has 17 heavy (non-hydrogen) atoms. The average molecular weight is 314 g/mol. The van der Waals surface area contributed by atoms with Gasteiger partial charge in [0.05, 0.1) is 13.2 Å². The fourth-order valence-electron chi connectivity index (χ4n) is 2.07. The van der Waals surface area contributed by atoms with Crippen LogP contribution in [0.15, 0.2) is 27.6 Å². The number of ether oxygens (including phenoxy) is 1. The molecule has 0 spiro atoms. The minimum Gasteiger partial charge on any atom is -0.493 e. The van der Waals surface area contributed by atoms with E-state index in [-0.39, 0.29) is 0 Å². The molecule has 0 aliphatic carbocycles. The van der Waals surface area contributed by atoms with Crippen molar-refractivity contribution in [3.05, 3.63) is 33.1 Å². The molecule has 90 valence electrons. The number of nitrogens with zero attached hydrogens (tertiary/aromatic N) is 1. The number of hydrogen-bond donors (Lipinski definition) is 2. The molecule has 2 aliphatic heterocycles. The van der Waals surface area contributed by atoms with Crippen LogP contribution in [0, 0.1) is 0 Å². The minimum atomic E-state index is 0.721. The number of fused-ring (bicyclic) bond motifs is 2. The van der Waals surface area contributed by atoms with Crippen molar-refractivity contribution in [1.82, 2.24) is 9.95 Å². The van der Waals surface area contributed by atoms with Crippen LogP contribution in [-0.2, 0) is 0 Å². The number of benzene rings is 1. The van der Waals surface area contributed by atoms with Gasteiger partial charge >= 0.3 is 0 Å². The molecule has 0 amide bonds. The van der Waals surface area contributed by atoms with E-state index in [1.54, 1.807) is 11.9 Å². The highest BCUT2D eigenvalue weighted by atomic mass is 79.9. The Bertz CT molecular complexity index is 492. The normalized spacial score (nSPS) is 19.6. The van der Waals surface area contributed by atoms with Crippen molar-refractivity contribution in [2.75, 3.05) is 13.2 Å². The van der Waals surface area contributed by atoms with Crippen molar-refractivity contribution in [3.8, 4) is 5.75 Å². The summed E-state index contributed by atoms with van der Waals surface area (Å²) >= 11 is 5.17. The van der Waals surface area contributed by atoms with Crippen LogP contribution in [0.3, 0.4) is 0 Å². The van der Waals surface area contributed by atoms with E-state index in [0.717, 1.165) is 35.4 Å². The molecule has 0 saturated heterocycles. The lowest BCUT2D eigenvalue weighted by Gasteiger charge is -2.14. The molecule has 0 radical (unpaired) electrons. The minimum absolute atomic E-state index is 0.721. The molecule has 6 heteroatoms. The Morgan fingerprint density at radius 1 is 1.47 bits per heavy atom. The maximum absolute atomic E-state index is 5.76. The summed E-state index contributed by atoms with van der Waals surface area (Å²) in [5.41, 5.74) is 5.16. The number of hydrogen-bond acceptors (Lipinski definition) is 5. The van der Waals surface area contributed by atoms with Crippen LogP contribution in [0.5, 0.6) is 5.75 Å². The van der Waals surface area contributed by atoms with Crippen molar-refractivity contribution in [1.29, 1.82) is 0 Å². The van der Waals surface area contributed by atoms with Gasteiger partial charge in [-0.05, 0) is 35.7 Å². The van der Waals surface area contributed by atoms with E-state index in [1.165, 1.54) is 10.5 Å². The highest BCUT2D eigenvalue weighted by Gasteiger charge is 2.27. The summed E-state index contributed by atoms with van der Waals surface area (Å²) in [6.07, 6.45) is 0.935. The summed E-state index contributed by atoms with van der Waals surface area (Å²) in [5.74, 6) is 6.42. The van der Waals surface area contributed by atoms with E-state index in [2.05, 4.69) is 27.5 Å². The number of hydrazine groups is 2. The molecule has 0 aromatic heterocycles. The number of halogens is 1. The van der Waals surface area contributed by atoms with Crippen molar-refractivity contribution in [2.45, 2.75) is 6.42 Å². The molecule has 0 saturated carbocycles. The first-order valence-corrected chi connectivity index (χ1v) is 6.91. The van der Waals surface area contributed by atoms with Crippen molar-refractivity contribution in [2.24, 2.45) is 5.84 Å². The zero-order chi connectivity index (χ0) is 11.8. The summed E-state index contributed by atoms with van der Waals surface area (Å²) in [7, 11) is 0. The maximum Gasteiger partial charge on any atom is 0.126 e. The molecule has 1 aromatic rings. The maximum atomic E-state index is 5.76. The lowest BCUT2D eigenvalue weighted by atomic mass is 10.0. The van der Waals surface area contributed by atoms with Crippen LogP contribution in [0.4, 0.5) is 0 Å². The van der Waals surface area contributed by atoms with Gasteiger partial charge in [0.15, 0.2) is 0 Å². The van der Waals surface area contributed by atoms with E-state index >= 15 is 0 Å². The van der Waals surface area contributed by atoms with Crippen molar-refractivity contribution in [3.63, 3.8) is 0 Å². The van der Waals surface area contributed by atoms with E-state index in [9.17, 15) is 0 Å². The molecule has 0 bridgehead atoms. The Morgan fingerprint density at radius 3 is 3.18 bits per heavy atom. The lowest BCUT2D eigenvalue weighted by molar-refractivity contribution is 0.325. The van der Waals surface area contributed by atoms with Crippen molar-refractivity contribution >= 4 is 33.5 Å². The standard InChI is InChI=1S/C11H12BrN3OS/c12-7-1-2-10-8(5-7)9-6-15(14-13)17-11(9)3-4-16-10/h1-2,5,14H,3-4,6,13H2. The molecule has 3 rings (SSSR count). The van der Waals surface area contributed by atoms with Crippen LogP contribution < -0.4 is 16.1 Å². The third-order valence-electron chi connectivity index (χ3n) is 2.86. The Hall–Kier alpha value is -0.530. The zero-order valence-electron chi connectivity index (χ0n) is 9.07. The molecule has 0 unspecified atom stereocenters. The van der Waals surface area contributed by atoms with Gasteiger partial charge in [-0.3, -0.25) is 5.84 Å². The molecule has 0 atom stereocenters. The van der Waals surface area contributed by atoms with Gasteiger partial charge in [0, 0.05) is 21.4 Å². The first kappa shape index (κ1) is 11.6. The van der Waals surface area contributed by atoms with Crippen molar-refractivity contribution < 1.29 is 4.74 Å². The summed E-state index contributed by atoms with van der Waals surface area (Å²) < 4.78 is 8.76. The second kappa shape index (κ2) is 4.62. The van der Waals surface area contributed by atoms with Gasteiger partial charge in [-0.25, -0.2) is 0 Å². The van der Waals surface area contributed by atoms with Gasteiger partial charge in [0.1, 0.15) is 5.75 Å². The summed E-state index contributed by atoms with van der Waals surface area (Å²) in [5, 5.41) is 0. The highest BCUT2D eigenvalue weighted by molar-refractivity contribution is 9.10. The predicted molar refractivity (Wildman–Crippen MR) is 72.8 cm³/mol. The van der Waals surface area contributed by atoms with Crippen LogP contribution in [-0.4, -0.2) is 17.6 Å². The smallest absolute Gasteiger partial charge is 0.126 e.